The highest BCUT2D eigenvalue weighted by Gasteiger charge is 2.49. The van der Waals surface area contributed by atoms with E-state index >= 15 is 0 Å². The average molecular weight is 629 g/mol. The Balaban J connectivity index is 1.45. The van der Waals surface area contributed by atoms with Gasteiger partial charge in [0.15, 0.2) is 0 Å². The van der Waals surface area contributed by atoms with Crippen LogP contribution in [-0.4, -0.2) is 75.7 Å². The normalized spacial score (nSPS) is 20.5. The summed E-state index contributed by atoms with van der Waals surface area (Å²) in [5.74, 6) is 1.37. The second-order valence-electron chi connectivity index (χ2n) is 12.5. The summed E-state index contributed by atoms with van der Waals surface area (Å²) in [5, 5.41) is 9.69. The first kappa shape index (κ1) is 31.1. The molecular weight excluding hydrogens is 589 g/mol. The van der Waals surface area contributed by atoms with Crippen molar-refractivity contribution in [2.75, 3.05) is 33.3 Å². The van der Waals surface area contributed by atoms with Gasteiger partial charge in [-0.25, -0.2) is 9.48 Å². The predicted octanol–water partition coefficient (Wildman–Crippen LogP) is 6.64. The Bertz CT molecular complexity index is 1460. The van der Waals surface area contributed by atoms with Gasteiger partial charge in [0.1, 0.15) is 22.6 Å². The molecule has 0 spiro atoms. The molecule has 2 aliphatic heterocycles. The Morgan fingerprint density at radius 1 is 1.00 bits per heavy atom. The first-order valence-electron chi connectivity index (χ1n) is 14.7. The summed E-state index contributed by atoms with van der Waals surface area (Å²) in [4.78, 5) is 31.2. The zero-order chi connectivity index (χ0) is 30.9. The third kappa shape index (κ3) is 6.48. The topological polar surface area (TPSA) is 89.8 Å². The van der Waals surface area contributed by atoms with E-state index in [2.05, 4.69) is 29.4 Å². The zero-order valence-electron chi connectivity index (χ0n) is 25.3. The van der Waals surface area contributed by atoms with Crippen LogP contribution in [-0.2, 0) is 15.1 Å². The molecule has 2 saturated heterocycles. The molecule has 2 aromatic carbocycles. The van der Waals surface area contributed by atoms with Gasteiger partial charge in [0.25, 0.3) is 5.91 Å². The van der Waals surface area contributed by atoms with Gasteiger partial charge in [-0.2, -0.15) is 0 Å². The fourth-order valence-electron chi connectivity index (χ4n) is 6.06. The monoisotopic (exact) mass is 627 g/mol. The van der Waals surface area contributed by atoms with Crippen molar-refractivity contribution in [3.05, 3.63) is 64.3 Å². The van der Waals surface area contributed by atoms with Crippen LogP contribution in [0.5, 0.6) is 5.75 Å². The van der Waals surface area contributed by atoms with Crippen LogP contribution < -0.4 is 4.74 Å². The van der Waals surface area contributed by atoms with E-state index in [0.717, 1.165) is 12.2 Å². The van der Waals surface area contributed by atoms with Crippen LogP contribution in [0.15, 0.2) is 48.7 Å². The van der Waals surface area contributed by atoms with Gasteiger partial charge < -0.3 is 19.3 Å². The third-order valence-corrected chi connectivity index (χ3v) is 9.41. The van der Waals surface area contributed by atoms with Crippen LogP contribution in [0.3, 0.4) is 0 Å². The third-order valence-electron chi connectivity index (χ3n) is 8.59. The molecule has 2 aliphatic rings. The molecule has 0 bridgehead atoms. The highest BCUT2D eigenvalue weighted by atomic mass is 35.5. The van der Waals surface area contributed by atoms with Crippen LogP contribution >= 0.6 is 23.2 Å². The molecule has 11 heteroatoms. The molecule has 0 aliphatic carbocycles. The molecule has 43 heavy (non-hydrogen) atoms. The van der Waals surface area contributed by atoms with E-state index in [1.807, 2.05) is 43.9 Å². The highest BCUT2D eigenvalue weighted by molar-refractivity contribution is 6.43. The number of ether oxygens (including phenoxy) is 2. The molecule has 0 N–H and O–H groups in total. The predicted molar refractivity (Wildman–Crippen MR) is 167 cm³/mol. The molecule has 0 saturated carbocycles. The number of amides is 2. The zero-order valence-corrected chi connectivity index (χ0v) is 26.9. The Hall–Kier alpha value is -3.30. The van der Waals surface area contributed by atoms with Gasteiger partial charge >= 0.3 is 6.09 Å². The lowest BCUT2D eigenvalue weighted by molar-refractivity contribution is -0.146. The van der Waals surface area contributed by atoms with Crippen LogP contribution in [0, 0.1) is 5.92 Å². The summed E-state index contributed by atoms with van der Waals surface area (Å²) in [6, 6.07) is 13.4. The van der Waals surface area contributed by atoms with Crippen LogP contribution in [0.25, 0.3) is 11.3 Å². The molecule has 3 heterocycles. The second-order valence-corrected chi connectivity index (χ2v) is 13.3. The maximum absolute atomic E-state index is 14.7. The van der Waals surface area contributed by atoms with E-state index in [0.29, 0.717) is 66.2 Å². The van der Waals surface area contributed by atoms with Crippen molar-refractivity contribution in [2.45, 2.75) is 64.0 Å². The van der Waals surface area contributed by atoms with Crippen LogP contribution in [0.4, 0.5) is 4.79 Å². The number of carbonyl (C=O) groups excluding carboxylic acids is 2. The van der Waals surface area contributed by atoms with Crippen molar-refractivity contribution < 1.29 is 19.1 Å². The number of likely N-dealkylation sites (tertiary alicyclic amines) is 2. The molecule has 2 amide bonds. The minimum absolute atomic E-state index is 0.0182. The van der Waals surface area contributed by atoms with Crippen molar-refractivity contribution in [1.82, 2.24) is 24.8 Å². The minimum Gasteiger partial charge on any atom is -0.497 e. The van der Waals surface area contributed by atoms with Gasteiger partial charge in [0, 0.05) is 37.7 Å². The van der Waals surface area contributed by atoms with E-state index in [-0.39, 0.29) is 17.9 Å². The average Bonchev–Trinajstić information content (AvgIpc) is 3.48. The SMILES string of the molecule is COc1ccc(C2CN(C(=O)C3(n4cc(-c5cccc(Cl)c5Cl)nn4)CCN(C(=O)OC(C)(C)C)CC3)CCC2C)cc1. The number of benzene rings is 2. The summed E-state index contributed by atoms with van der Waals surface area (Å²) in [6.07, 6.45) is 3.01. The lowest BCUT2D eigenvalue weighted by Crippen LogP contribution is -2.59. The van der Waals surface area contributed by atoms with E-state index in [1.54, 1.807) is 35.0 Å². The standard InChI is InChI=1S/C32H39Cl2N5O4/c1-21-13-16-38(19-25(21)22-9-11-23(42-5)12-10-22)29(40)32(14-17-37(18-15-32)30(41)43-31(2,3)4)39-20-27(35-36-39)24-7-6-8-26(33)28(24)34/h6-12,20-21,25H,13-19H2,1-5H3. The first-order valence-corrected chi connectivity index (χ1v) is 15.5. The number of halogens is 2. The van der Waals surface area contributed by atoms with E-state index in [1.165, 1.54) is 5.56 Å². The number of rotatable bonds is 5. The fraction of sp³-hybridized carbons (Fsp3) is 0.500. The number of piperidine rings is 2. The van der Waals surface area contributed by atoms with Crippen LogP contribution in [0.1, 0.15) is 58.4 Å². The van der Waals surface area contributed by atoms with Crippen LogP contribution in [0.2, 0.25) is 10.0 Å². The Morgan fingerprint density at radius 3 is 2.35 bits per heavy atom. The number of nitrogens with zero attached hydrogens (tertiary/aromatic N) is 5. The molecule has 1 aromatic heterocycles. The summed E-state index contributed by atoms with van der Waals surface area (Å²) in [7, 11) is 1.65. The van der Waals surface area contributed by atoms with E-state index in [4.69, 9.17) is 32.7 Å². The maximum Gasteiger partial charge on any atom is 0.410 e. The van der Waals surface area contributed by atoms with Crippen molar-refractivity contribution in [2.24, 2.45) is 5.92 Å². The fourth-order valence-corrected chi connectivity index (χ4v) is 6.46. The highest BCUT2D eigenvalue weighted by Crippen LogP contribution is 2.39. The number of methoxy groups -OCH3 is 1. The lowest BCUT2D eigenvalue weighted by Gasteiger charge is -2.45. The van der Waals surface area contributed by atoms with Gasteiger partial charge in [-0.05, 0) is 69.7 Å². The minimum atomic E-state index is -1.03. The van der Waals surface area contributed by atoms with E-state index < -0.39 is 11.1 Å². The lowest BCUT2D eigenvalue weighted by atomic mass is 9.80. The molecule has 2 fully saturated rings. The van der Waals surface area contributed by atoms with Gasteiger partial charge in [-0.15, -0.1) is 5.10 Å². The van der Waals surface area contributed by atoms with Crippen molar-refractivity contribution in [3.8, 4) is 17.0 Å². The number of hydrogen-bond acceptors (Lipinski definition) is 6. The van der Waals surface area contributed by atoms with Gasteiger partial charge in [0.2, 0.25) is 0 Å². The molecule has 2 unspecified atom stereocenters. The summed E-state index contributed by atoms with van der Waals surface area (Å²) >= 11 is 12.8. The summed E-state index contributed by atoms with van der Waals surface area (Å²) in [6.45, 7) is 9.70. The molecule has 3 aromatic rings. The maximum atomic E-state index is 14.7. The summed E-state index contributed by atoms with van der Waals surface area (Å²) < 4.78 is 12.7. The smallest absolute Gasteiger partial charge is 0.410 e. The Labute approximate surface area is 263 Å². The largest absolute Gasteiger partial charge is 0.497 e. The molecule has 0 radical (unpaired) electrons. The first-order chi connectivity index (χ1) is 20.4. The van der Waals surface area contributed by atoms with Crippen molar-refractivity contribution in [3.63, 3.8) is 0 Å². The quantitative estimate of drug-likeness (QED) is 0.315. The van der Waals surface area contributed by atoms with Crippen molar-refractivity contribution >= 4 is 35.2 Å². The molecule has 230 valence electrons. The Morgan fingerprint density at radius 2 is 1.70 bits per heavy atom. The number of hydrogen-bond donors (Lipinski definition) is 0. The van der Waals surface area contributed by atoms with E-state index in [9.17, 15) is 9.59 Å². The Kier molecular flexibility index (Phi) is 8.95. The molecular formula is C32H39Cl2N5O4. The van der Waals surface area contributed by atoms with Gasteiger partial charge in [0.05, 0.1) is 23.4 Å². The molecule has 5 rings (SSSR count). The molecule has 9 nitrogen and oxygen atoms in total. The number of aromatic nitrogens is 3. The summed E-state index contributed by atoms with van der Waals surface area (Å²) in [5.41, 5.74) is 0.704. The number of carbonyl (C=O) groups is 2. The van der Waals surface area contributed by atoms with Gasteiger partial charge in [-0.1, -0.05) is 59.6 Å². The molecule has 2 atom stereocenters. The second kappa shape index (κ2) is 12.4. The van der Waals surface area contributed by atoms with Crippen molar-refractivity contribution in [1.29, 1.82) is 0 Å². The van der Waals surface area contributed by atoms with Gasteiger partial charge in [-0.3, -0.25) is 4.79 Å².